The summed E-state index contributed by atoms with van der Waals surface area (Å²) in [5.41, 5.74) is 1.11. The van der Waals surface area contributed by atoms with Crippen molar-refractivity contribution in [3.05, 3.63) is 84.1 Å². The van der Waals surface area contributed by atoms with Crippen molar-refractivity contribution in [3.63, 3.8) is 0 Å². The van der Waals surface area contributed by atoms with Gasteiger partial charge in [-0.3, -0.25) is 9.78 Å². The predicted octanol–water partition coefficient (Wildman–Crippen LogP) is 2.64. The molecule has 0 radical (unpaired) electrons. The first-order valence-electron chi connectivity index (χ1n) is 8.29. The van der Waals surface area contributed by atoms with E-state index >= 15 is 0 Å². The van der Waals surface area contributed by atoms with Gasteiger partial charge in [-0.2, -0.15) is 0 Å². The topological polar surface area (TPSA) is 101 Å². The summed E-state index contributed by atoms with van der Waals surface area (Å²) in [7, 11) is -3.70. The van der Waals surface area contributed by atoms with E-state index in [0.717, 1.165) is 5.69 Å². The van der Waals surface area contributed by atoms with Gasteiger partial charge < -0.3 is 9.73 Å². The molecule has 3 aromatic rings. The fourth-order valence-electron chi connectivity index (χ4n) is 2.43. The van der Waals surface area contributed by atoms with Crippen LogP contribution in [0.5, 0.6) is 0 Å². The Balaban J connectivity index is 1.64. The molecule has 0 aliphatic heterocycles. The molecule has 0 fully saturated rings. The SMILES string of the molecule is CC(NC(=O)c1ccc(S(=O)(=O)NCc2ccco2)cc1)c1ccccn1. The minimum Gasteiger partial charge on any atom is -0.468 e. The van der Waals surface area contributed by atoms with E-state index in [2.05, 4.69) is 15.0 Å². The van der Waals surface area contributed by atoms with E-state index in [4.69, 9.17) is 4.42 Å². The van der Waals surface area contributed by atoms with E-state index < -0.39 is 10.0 Å². The molecule has 1 amide bonds. The largest absolute Gasteiger partial charge is 0.468 e. The average molecular weight is 385 g/mol. The highest BCUT2D eigenvalue weighted by molar-refractivity contribution is 7.89. The molecule has 2 N–H and O–H groups in total. The van der Waals surface area contributed by atoms with Crippen LogP contribution in [0.2, 0.25) is 0 Å². The lowest BCUT2D eigenvalue weighted by atomic mass is 10.1. The number of nitrogens with one attached hydrogen (secondary N) is 2. The molecule has 1 unspecified atom stereocenters. The molecule has 0 aliphatic carbocycles. The molecule has 3 rings (SSSR count). The van der Waals surface area contributed by atoms with Gasteiger partial charge in [0.2, 0.25) is 10.0 Å². The molecule has 140 valence electrons. The fraction of sp³-hybridized carbons (Fsp3) is 0.158. The number of aromatic nitrogens is 1. The number of carbonyl (C=O) groups is 1. The second-order valence-electron chi connectivity index (χ2n) is 5.88. The van der Waals surface area contributed by atoms with Crippen LogP contribution >= 0.6 is 0 Å². The average Bonchev–Trinajstić information content (AvgIpc) is 3.21. The van der Waals surface area contributed by atoms with Crippen molar-refractivity contribution in [2.24, 2.45) is 0 Å². The van der Waals surface area contributed by atoms with Gasteiger partial charge in [0.1, 0.15) is 5.76 Å². The van der Waals surface area contributed by atoms with Crippen LogP contribution in [-0.2, 0) is 16.6 Å². The summed E-state index contributed by atoms with van der Waals surface area (Å²) < 4.78 is 32.2. The number of nitrogens with zero attached hydrogens (tertiary/aromatic N) is 1. The first-order chi connectivity index (χ1) is 13.0. The van der Waals surface area contributed by atoms with Gasteiger partial charge in [0, 0.05) is 11.8 Å². The van der Waals surface area contributed by atoms with Crippen molar-refractivity contribution < 1.29 is 17.6 Å². The highest BCUT2D eigenvalue weighted by Gasteiger charge is 2.16. The second-order valence-corrected chi connectivity index (χ2v) is 7.64. The summed E-state index contributed by atoms with van der Waals surface area (Å²) in [4.78, 5) is 16.6. The van der Waals surface area contributed by atoms with Crippen LogP contribution in [0.25, 0.3) is 0 Å². The second kappa shape index (κ2) is 8.15. The normalized spacial score (nSPS) is 12.5. The van der Waals surface area contributed by atoms with E-state index in [9.17, 15) is 13.2 Å². The number of pyridine rings is 1. The predicted molar refractivity (Wildman–Crippen MR) is 99.3 cm³/mol. The molecule has 0 bridgehead atoms. The number of sulfonamides is 1. The molecule has 8 heteroatoms. The maximum absolute atomic E-state index is 12.4. The number of rotatable bonds is 7. The number of benzene rings is 1. The van der Waals surface area contributed by atoms with Gasteiger partial charge in [-0.15, -0.1) is 0 Å². The molecular formula is C19H19N3O4S. The van der Waals surface area contributed by atoms with Crippen molar-refractivity contribution >= 4 is 15.9 Å². The molecular weight excluding hydrogens is 366 g/mol. The van der Waals surface area contributed by atoms with Crippen molar-refractivity contribution in [1.82, 2.24) is 15.0 Å². The Labute approximate surface area is 157 Å². The molecule has 0 aliphatic rings. The first kappa shape index (κ1) is 18.8. The maximum Gasteiger partial charge on any atom is 0.251 e. The highest BCUT2D eigenvalue weighted by atomic mass is 32.2. The Kier molecular flexibility index (Phi) is 5.68. The minimum atomic E-state index is -3.70. The monoisotopic (exact) mass is 385 g/mol. The Morgan fingerprint density at radius 1 is 1.11 bits per heavy atom. The number of furan rings is 1. The zero-order chi connectivity index (χ0) is 19.3. The molecule has 1 atom stereocenters. The van der Waals surface area contributed by atoms with Gasteiger partial charge in [0.15, 0.2) is 0 Å². The summed E-state index contributed by atoms with van der Waals surface area (Å²) in [5, 5.41) is 2.84. The van der Waals surface area contributed by atoms with Gasteiger partial charge in [0.05, 0.1) is 29.4 Å². The zero-order valence-electron chi connectivity index (χ0n) is 14.6. The highest BCUT2D eigenvalue weighted by Crippen LogP contribution is 2.14. The number of carbonyl (C=O) groups excluding carboxylic acids is 1. The van der Waals surface area contributed by atoms with Crippen LogP contribution in [0, 0.1) is 0 Å². The summed E-state index contributed by atoms with van der Waals surface area (Å²) in [6.45, 7) is 1.89. The van der Waals surface area contributed by atoms with Crippen molar-refractivity contribution in [2.45, 2.75) is 24.4 Å². The summed E-state index contributed by atoms with van der Waals surface area (Å²) in [5.74, 6) is 0.207. The number of amides is 1. The maximum atomic E-state index is 12.4. The smallest absolute Gasteiger partial charge is 0.251 e. The molecule has 0 saturated heterocycles. The summed E-state index contributed by atoms with van der Waals surface area (Å²) in [6, 6.07) is 14.3. The van der Waals surface area contributed by atoms with Crippen LogP contribution < -0.4 is 10.0 Å². The Morgan fingerprint density at radius 3 is 2.52 bits per heavy atom. The Bertz CT molecular complexity index is 985. The summed E-state index contributed by atoms with van der Waals surface area (Å²) >= 11 is 0. The van der Waals surface area contributed by atoms with Crippen molar-refractivity contribution in [1.29, 1.82) is 0 Å². The quantitative estimate of drug-likeness (QED) is 0.651. The lowest BCUT2D eigenvalue weighted by Crippen LogP contribution is -2.27. The molecule has 1 aromatic carbocycles. The zero-order valence-corrected chi connectivity index (χ0v) is 15.4. The molecule has 27 heavy (non-hydrogen) atoms. The van der Waals surface area contributed by atoms with Crippen LogP contribution in [0.4, 0.5) is 0 Å². The van der Waals surface area contributed by atoms with Gasteiger partial charge in [0.25, 0.3) is 5.91 Å². The third kappa shape index (κ3) is 4.81. The van der Waals surface area contributed by atoms with Gasteiger partial charge in [-0.05, 0) is 55.5 Å². The Morgan fingerprint density at radius 2 is 1.89 bits per heavy atom. The van der Waals surface area contributed by atoms with E-state index in [1.54, 1.807) is 24.4 Å². The van der Waals surface area contributed by atoms with Crippen molar-refractivity contribution in [2.75, 3.05) is 0 Å². The number of hydrogen-bond acceptors (Lipinski definition) is 5. The van der Waals surface area contributed by atoms with Gasteiger partial charge in [-0.1, -0.05) is 6.07 Å². The lowest BCUT2D eigenvalue weighted by molar-refractivity contribution is 0.0939. The van der Waals surface area contributed by atoms with Gasteiger partial charge in [-0.25, -0.2) is 13.1 Å². The Hall–Kier alpha value is -2.97. The van der Waals surface area contributed by atoms with E-state index in [1.807, 2.05) is 19.1 Å². The van der Waals surface area contributed by atoms with Gasteiger partial charge >= 0.3 is 0 Å². The van der Waals surface area contributed by atoms with E-state index in [-0.39, 0.29) is 23.4 Å². The molecule has 0 spiro atoms. The lowest BCUT2D eigenvalue weighted by Gasteiger charge is -2.13. The summed E-state index contributed by atoms with van der Waals surface area (Å²) in [6.07, 6.45) is 3.14. The molecule has 0 saturated carbocycles. The van der Waals surface area contributed by atoms with E-state index in [0.29, 0.717) is 11.3 Å². The van der Waals surface area contributed by atoms with Crippen LogP contribution in [0.3, 0.4) is 0 Å². The van der Waals surface area contributed by atoms with Crippen LogP contribution in [0.1, 0.15) is 34.8 Å². The standard InChI is InChI=1S/C19H19N3O4S/c1-14(18-6-2-3-11-20-18)22-19(23)15-7-9-17(10-8-15)27(24,25)21-13-16-5-4-12-26-16/h2-12,14,21H,13H2,1H3,(H,22,23). The van der Waals surface area contributed by atoms with Crippen molar-refractivity contribution in [3.8, 4) is 0 Å². The van der Waals surface area contributed by atoms with Crippen LogP contribution in [0.15, 0.2) is 76.4 Å². The molecule has 2 aromatic heterocycles. The third-order valence-electron chi connectivity index (χ3n) is 3.92. The fourth-order valence-corrected chi connectivity index (χ4v) is 3.43. The van der Waals surface area contributed by atoms with Crippen LogP contribution in [-0.4, -0.2) is 19.3 Å². The van der Waals surface area contributed by atoms with E-state index in [1.165, 1.54) is 30.5 Å². The minimum absolute atomic E-state index is 0.0547. The molecule has 7 nitrogen and oxygen atoms in total. The number of hydrogen-bond donors (Lipinski definition) is 2. The molecule has 2 heterocycles. The first-order valence-corrected chi connectivity index (χ1v) is 9.78. The third-order valence-corrected chi connectivity index (χ3v) is 5.34.